The van der Waals surface area contributed by atoms with Gasteiger partial charge in [-0.05, 0) is 12.1 Å². The van der Waals surface area contributed by atoms with Crippen LogP contribution in [0.1, 0.15) is 0 Å². The summed E-state index contributed by atoms with van der Waals surface area (Å²) in [5, 5.41) is 11.0. The SMILES string of the molecule is N#[N+]c1c[nH]n(-c2ccccc2)c(=O)c1=O. The van der Waals surface area contributed by atoms with Crippen molar-refractivity contribution < 1.29 is 0 Å². The van der Waals surface area contributed by atoms with Crippen molar-refractivity contribution in [3.8, 4) is 5.69 Å². The number of nitrogens with zero attached hydrogens (tertiary/aromatic N) is 3. The number of hydrogen-bond acceptors (Lipinski definition) is 3. The average molecular weight is 215 g/mol. The number of aromatic amines is 1. The minimum absolute atomic E-state index is 0.308. The Kier molecular flexibility index (Phi) is 2.36. The van der Waals surface area contributed by atoms with Gasteiger partial charge in [-0.25, -0.2) is 4.68 Å². The highest BCUT2D eigenvalue weighted by Crippen LogP contribution is 2.03. The molecule has 0 aliphatic carbocycles. The number of benzene rings is 1. The fourth-order valence-corrected chi connectivity index (χ4v) is 1.30. The molecular weight excluding hydrogens is 208 g/mol. The Balaban J connectivity index is 2.72. The molecule has 0 saturated carbocycles. The molecular formula is C10H7N4O2+. The Morgan fingerprint density at radius 1 is 1.19 bits per heavy atom. The van der Waals surface area contributed by atoms with Gasteiger partial charge in [0.25, 0.3) is 0 Å². The van der Waals surface area contributed by atoms with Gasteiger partial charge in [0.1, 0.15) is 6.20 Å². The minimum Gasteiger partial charge on any atom is -0.290 e. The van der Waals surface area contributed by atoms with Gasteiger partial charge in [0.15, 0.2) is 4.98 Å². The lowest BCUT2D eigenvalue weighted by Crippen LogP contribution is -2.34. The number of aromatic nitrogens is 2. The van der Waals surface area contributed by atoms with Crippen molar-refractivity contribution in [3.63, 3.8) is 0 Å². The summed E-state index contributed by atoms with van der Waals surface area (Å²) in [5.41, 5.74) is -1.42. The highest BCUT2D eigenvalue weighted by Gasteiger charge is 2.16. The Hall–Kier alpha value is -2.68. The third-order valence-corrected chi connectivity index (χ3v) is 2.08. The monoisotopic (exact) mass is 215 g/mol. The van der Waals surface area contributed by atoms with E-state index in [9.17, 15) is 9.59 Å². The van der Waals surface area contributed by atoms with Crippen molar-refractivity contribution in [2.75, 3.05) is 0 Å². The Bertz CT molecular complexity index is 664. The summed E-state index contributed by atoms with van der Waals surface area (Å²) in [7, 11) is 0. The molecule has 1 aromatic heterocycles. The van der Waals surface area contributed by atoms with Crippen molar-refractivity contribution in [2.24, 2.45) is 0 Å². The van der Waals surface area contributed by atoms with Gasteiger partial charge in [-0.3, -0.25) is 14.7 Å². The van der Waals surface area contributed by atoms with Crippen LogP contribution in [0.4, 0.5) is 5.69 Å². The zero-order valence-corrected chi connectivity index (χ0v) is 8.12. The summed E-state index contributed by atoms with van der Waals surface area (Å²) in [6, 6.07) is 8.62. The molecule has 0 fully saturated rings. The van der Waals surface area contributed by atoms with E-state index in [1.807, 2.05) is 0 Å². The lowest BCUT2D eigenvalue weighted by molar-refractivity contribution is 0.800. The lowest BCUT2D eigenvalue weighted by Gasteiger charge is -2.02. The van der Waals surface area contributed by atoms with Crippen molar-refractivity contribution in [2.45, 2.75) is 0 Å². The zero-order chi connectivity index (χ0) is 11.5. The first kappa shape index (κ1) is 9.86. The molecule has 0 radical (unpaired) electrons. The highest BCUT2D eigenvalue weighted by molar-refractivity contribution is 5.40. The van der Waals surface area contributed by atoms with E-state index in [1.54, 1.807) is 30.3 Å². The topological polar surface area (TPSA) is 83.0 Å². The van der Waals surface area contributed by atoms with E-state index >= 15 is 0 Å². The molecule has 2 aromatic rings. The second kappa shape index (κ2) is 3.82. The van der Waals surface area contributed by atoms with Crippen LogP contribution in [-0.2, 0) is 0 Å². The predicted molar refractivity (Wildman–Crippen MR) is 57.4 cm³/mol. The third kappa shape index (κ3) is 1.50. The van der Waals surface area contributed by atoms with E-state index in [-0.39, 0.29) is 5.69 Å². The van der Waals surface area contributed by atoms with E-state index in [2.05, 4.69) is 10.1 Å². The van der Waals surface area contributed by atoms with Gasteiger partial charge in [-0.15, -0.1) is 0 Å². The minimum atomic E-state index is -0.856. The van der Waals surface area contributed by atoms with Crippen LogP contribution in [0, 0.1) is 5.39 Å². The molecule has 6 heteroatoms. The molecule has 78 valence electrons. The van der Waals surface area contributed by atoms with Gasteiger partial charge < -0.3 is 0 Å². The molecule has 2 rings (SSSR count). The van der Waals surface area contributed by atoms with E-state index in [4.69, 9.17) is 5.39 Å². The summed E-state index contributed by atoms with van der Waals surface area (Å²) in [6.07, 6.45) is 1.16. The molecule has 0 unspecified atom stereocenters. The number of para-hydroxylation sites is 1. The molecule has 0 bridgehead atoms. The maximum Gasteiger partial charge on any atom is 0.454 e. The molecule has 16 heavy (non-hydrogen) atoms. The molecule has 0 aliphatic heterocycles. The Morgan fingerprint density at radius 3 is 2.50 bits per heavy atom. The van der Waals surface area contributed by atoms with E-state index in [0.717, 1.165) is 10.9 Å². The summed E-state index contributed by atoms with van der Waals surface area (Å²) in [4.78, 5) is 25.7. The predicted octanol–water partition coefficient (Wildman–Crippen LogP) is 1.01. The molecule has 0 aliphatic rings. The lowest BCUT2D eigenvalue weighted by atomic mass is 10.3. The number of hydrogen-bond donors (Lipinski definition) is 1. The number of diazo groups is 1. The second-order valence-electron chi connectivity index (χ2n) is 3.06. The van der Waals surface area contributed by atoms with Crippen molar-refractivity contribution >= 4 is 5.69 Å². The van der Waals surface area contributed by atoms with E-state index < -0.39 is 11.0 Å². The van der Waals surface area contributed by atoms with Crippen LogP contribution < -0.4 is 11.0 Å². The summed E-state index contributed by atoms with van der Waals surface area (Å²) >= 11 is 0. The van der Waals surface area contributed by atoms with Gasteiger partial charge >= 0.3 is 16.7 Å². The summed E-state index contributed by atoms with van der Waals surface area (Å²) < 4.78 is 1.08. The standard InChI is InChI=1S/C10H6N4O2/c11-13-8-6-12-14(10(16)9(8)15)7-4-2-1-3-5-7/h1-6H/p+1. The first-order chi connectivity index (χ1) is 7.74. The van der Waals surface area contributed by atoms with E-state index in [1.165, 1.54) is 0 Å². The summed E-state index contributed by atoms with van der Waals surface area (Å²) in [6.45, 7) is 0. The molecule has 1 N–H and O–H groups in total. The zero-order valence-electron chi connectivity index (χ0n) is 8.12. The molecule has 1 heterocycles. The van der Waals surface area contributed by atoms with Gasteiger partial charge in [0.05, 0.1) is 5.69 Å². The van der Waals surface area contributed by atoms with Gasteiger partial charge in [0.2, 0.25) is 5.39 Å². The molecule has 0 spiro atoms. The molecule has 0 amide bonds. The normalized spacial score (nSPS) is 9.69. The fraction of sp³-hybridized carbons (Fsp3) is 0. The Labute approximate surface area is 89.4 Å². The van der Waals surface area contributed by atoms with Crippen LogP contribution in [0.15, 0.2) is 46.1 Å². The first-order valence-corrected chi connectivity index (χ1v) is 4.49. The molecule has 0 saturated heterocycles. The van der Waals surface area contributed by atoms with Crippen LogP contribution in [0.5, 0.6) is 0 Å². The van der Waals surface area contributed by atoms with Gasteiger partial charge in [0, 0.05) is 0 Å². The maximum atomic E-state index is 11.6. The molecule has 0 atom stereocenters. The van der Waals surface area contributed by atoms with Crippen LogP contribution >= 0.6 is 0 Å². The van der Waals surface area contributed by atoms with Crippen molar-refractivity contribution in [3.05, 3.63) is 62.1 Å². The Morgan fingerprint density at radius 2 is 1.88 bits per heavy atom. The quantitative estimate of drug-likeness (QED) is 0.569. The molecule has 6 nitrogen and oxygen atoms in total. The van der Waals surface area contributed by atoms with Crippen molar-refractivity contribution in [1.82, 2.24) is 9.78 Å². The summed E-state index contributed by atoms with van der Waals surface area (Å²) in [5.74, 6) is 0. The average Bonchev–Trinajstić information content (AvgIpc) is 2.34. The maximum absolute atomic E-state index is 11.6. The highest BCUT2D eigenvalue weighted by atomic mass is 16.2. The van der Waals surface area contributed by atoms with Crippen LogP contribution in [0.2, 0.25) is 0 Å². The number of nitrogens with one attached hydrogen (secondary N) is 1. The van der Waals surface area contributed by atoms with Gasteiger partial charge in [-0.1, -0.05) is 18.2 Å². The smallest absolute Gasteiger partial charge is 0.290 e. The first-order valence-electron chi connectivity index (χ1n) is 4.49. The van der Waals surface area contributed by atoms with E-state index in [0.29, 0.717) is 5.69 Å². The number of H-pyrrole nitrogens is 1. The van der Waals surface area contributed by atoms with Gasteiger partial charge in [-0.2, -0.15) is 0 Å². The number of rotatable bonds is 1. The molecule has 1 aromatic carbocycles. The van der Waals surface area contributed by atoms with Crippen LogP contribution in [0.25, 0.3) is 10.7 Å². The van der Waals surface area contributed by atoms with Crippen LogP contribution in [-0.4, -0.2) is 9.78 Å². The second-order valence-corrected chi connectivity index (χ2v) is 3.06. The largest absolute Gasteiger partial charge is 0.454 e. The fourth-order valence-electron chi connectivity index (χ4n) is 1.30. The van der Waals surface area contributed by atoms with Crippen molar-refractivity contribution in [1.29, 1.82) is 5.39 Å². The third-order valence-electron chi connectivity index (χ3n) is 2.08. The van der Waals surface area contributed by atoms with Crippen LogP contribution in [0.3, 0.4) is 0 Å².